The maximum Gasteiger partial charge on any atom is 0.242 e. The van der Waals surface area contributed by atoms with E-state index in [1.165, 1.54) is 23.3 Å². The molecule has 0 bridgehead atoms. The zero-order valence-electron chi connectivity index (χ0n) is 15.1. The summed E-state index contributed by atoms with van der Waals surface area (Å²) in [5, 5.41) is 3.23. The van der Waals surface area contributed by atoms with Gasteiger partial charge in [0.25, 0.3) is 0 Å². The van der Waals surface area contributed by atoms with Crippen LogP contribution in [0.5, 0.6) is 0 Å². The van der Waals surface area contributed by atoms with Gasteiger partial charge in [0, 0.05) is 5.54 Å². The van der Waals surface area contributed by atoms with Crippen molar-refractivity contribution in [3.63, 3.8) is 0 Å². The van der Waals surface area contributed by atoms with Crippen LogP contribution in [0.4, 0.5) is 4.39 Å². The standard InChI is InChI=1S/C21H25FN2O/c1-15-7-9-16(10-8-15)14-21(11-12-21)23-20(25)19(24(2)3)17-5-4-6-18(22)13-17/h4-10,13,19H,11-12,14H2,1-3H3,(H,23,25)/t19-/m1/s1. The Bertz CT molecular complexity index is 751. The number of nitrogens with zero attached hydrogens (tertiary/aromatic N) is 1. The molecule has 0 radical (unpaired) electrons. The van der Waals surface area contributed by atoms with E-state index in [0.29, 0.717) is 5.56 Å². The van der Waals surface area contributed by atoms with Crippen LogP contribution in [0.25, 0.3) is 0 Å². The van der Waals surface area contributed by atoms with E-state index in [-0.39, 0.29) is 17.3 Å². The largest absolute Gasteiger partial charge is 0.349 e. The van der Waals surface area contributed by atoms with E-state index in [1.807, 2.05) is 19.0 Å². The van der Waals surface area contributed by atoms with Gasteiger partial charge in [-0.2, -0.15) is 0 Å². The highest BCUT2D eigenvalue weighted by molar-refractivity contribution is 5.84. The van der Waals surface area contributed by atoms with Crippen molar-refractivity contribution in [1.82, 2.24) is 10.2 Å². The Balaban J connectivity index is 1.74. The number of amides is 1. The van der Waals surface area contributed by atoms with Gasteiger partial charge in [-0.3, -0.25) is 9.69 Å². The van der Waals surface area contributed by atoms with E-state index in [2.05, 4.69) is 36.5 Å². The van der Waals surface area contributed by atoms with Gasteiger partial charge >= 0.3 is 0 Å². The molecule has 1 aliphatic rings. The first-order chi connectivity index (χ1) is 11.9. The van der Waals surface area contributed by atoms with Crippen LogP contribution < -0.4 is 5.32 Å². The van der Waals surface area contributed by atoms with Gasteiger partial charge in [-0.05, 0) is 63.5 Å². The average Bonchev–Trinajstić information content (AvgIpc) is 3.28. The second-order valence-electron chi connectivity index (χ2n) is 7.35. The lowest BCUT2D eigenvalue weighted by atomic mass is 10.0. The van der Waals surface area contributed by atoms with Crippen LogP contribution in [0.3, 0.4) is 0 Å². The van der Waals surface area contributed by atoms with Crippen molar-refractivity contribution in [2.45, 2.75) is 37.8 Å². The molecule has 0 saturated heterocycles. The first kappa shape index (κ1) is 17.6. The average molecular weight is 340 g/mol. The summed E-state index contributed by atoms with van der Waals surface area (Å²) in [5.41, 5.74) is 2.98. The predicted molar refractivity (Wildman–Crippen MR) is 97.8 cm³/mol. The van der Waals surface area contributed by atoms with Gasteiger partial charge in [-0.1, -0.05) is 42.0 Å². The lowest BCUT2D eigenvalue weighted by Gasteiger charge is -2.27. The van der Waals surface area contributed by atoms with E-state index in [4.69, 9.17) is 0 Å². The second kappa shape index (κ2) is 6.96. The zero-order chi connectivity index (χ0) is 18.0. The number of benzene rings is 2. The Hall–Kier alpha value is -2.20. The predicted octanol–water partition coefficient (Wildman–Crippen LogP) is 3.63. The van der Waals surface area contributed by atoms with Crippen molar-refractivity contribution in [2.24, 2.45) is 0 Å². The summed E-state index contributed by atoms with van der Waals surface area (Å²) in [7, 11) is 3.68. The monoisotopic (exact) mass is 340 g/mol. The smallest absolute Gasteiger partial charge is 0.242 e. The molecule has 1 saturated carbocycles. The Morgan fingerprint density at radius 2 is 1.88 bits per heavy atom. The maximum absolute atomic E-state index is 13.6. The number of likely N-dealkylation sites (N-methyl/N-ethyl adjacent to an activating group) is 1. The van der Waals surface area contributed by atoms with Crippen molar-refractivity contribution in [2.75, 3.05) is 14.1 Å². The van der Waals surface area contributed by atoms with Crippen LogP contribution in [-0.2, 0) is 11.2 Å². The minimum Gasteiger partial charge on any atom is -0.349 e. The number of aryl methyl sites for hydroxylation is 1. The molecule has 1 atom stereocenters. The minimum absolute atomic E-state index is 0.0692. The summed E-state index contributed by atoms with van der Waals surface area (Å²) in [6.07, 6.45) is 2.80. The SMILES string of the molecule is Cc1ccc(CC2(NC(=O)[C@@H](c3cccc(F)c3)N(C)C)CC2)cc1. The molecule has 3 nitrogen and oxygen atoms in total. The van der Waals surface area contributed by atoms with Gasteiger partial charge < -0.3 is 5.32 Å². The van der Waals surface area contributed by atoms with Crippen LogP contribution in [0.2, 0.25) is 0 Å². The number of carbonyl (C=O) groups excluding carboxylic acids is 1. The minimum atomic E-state index is -0.494. The molecule has 1 amide bonds. The fourth-order valence-electron chi connectivity index (χ4n) is 3.28. The van der Waals surface area contributed by atoms with Gasteiger partial charge in [0.15, 0.2) is 0 Å². The van der Waals surface area contributed by atoms with E-state index < -0.39 is 6.04 Å². The molecule has 2 aromatic carbocycles. The van der Waals surface area contributed by atoms with Crippen LogP contribution in [-0.4, -0.2) is 30.4 Å². The Morgan fingerprint density at radius 3 is 2.44 bits per heavy atom. The first-order valence-electron chi connectivity index (χ1n) is 8.68. The summed E-state index contributed by atoms with van der Waals surface area (Å²) >= 11 is 0. The molecule has 2 aromatic rings. The Labute approximate surface area is 148 Å². The van der Waals surface area contributed by atoms with E-state index in [9.17, 15) is 9.18 Å². The maximum atomic E-state index is 13.6. The molecule has 25 heavy (non-hydrogen) atoms. The molecule has 0 heterocycles. The fourth-order valence-corrected chi connectivity index (χ4v) is 3.28. The molecule has 132 valence electrons. The summed E-state index contributed by atoms with van der Waals surface area (Å²) in [6.45, 7) is 2.07. The molecule has 0 aromatic heterocycles. The molecule has 3 rings (SSSR count). The normalized spacial score (nSPS) is 16.5. The number of nitrogens with one attached hydrogen (secondary N) is 1. The van der Waals surface area contributed by atoms with Crippen molar-refractivity contribution < 1.29 is 9.18 Å². The van der Waals surface area contributed by atoms with E-state index >= 15 is 0 Å². The summed E-state index contributed by atoms with van der Waals surface area (Å²) in [4.78, 5) is 14.7. The summed E-state index contributed by atoms with van der Waals surface area (Å²) in [5.74, 6) is -0.391. The van der Waals surface area contributed by atoms with Gasteiger partial charge in [0.05, 0.1) is 0 Å². The van der Waals surface area contributed by atoms with E-state index in [0.717, 1.165) is 19.3 Å². The molecule has 0 unspecified atom stereocenters. The first-order valence-corrected chi connectivity index (χ1v) is 8.68. The highest BCUT2D eigenvalue weighted by Crippen LogP contribution is 2.39. The lowest BCUT2D eigenvalue weighted by molar-refractivity contribution is -0.126. The zero-order valence-corrected chi connectivity index (χ0v) is 15.1. The molecule has 1 N–H and O–H groups in total. The second-order valence-corrected chi connectivity index (χ2v) is 7.35. The van der Waals surface area contributed by atoms with Gasteiger partial charge in [0.1, 0.15) is 11.9 Å². The topological polar surface area (TPSA) is 32.3 Å². The third kappa shape index (κ3) is 4.26. The summed E-state index contributed by atoms with van der Waals surface area (Å²) < 4.78 is 13.6. The summed E-state index contributed by atoms with van der Waals surface area (Å²) in [6, 6.07) is 14.2. The van der Waals surface area contributed by atoms with Crippen LogP contribution in [0.1, 0.15) is 35.6 Å². The van der Waals surface area contributed by atoms with Gasteiger partial charge in [0.2, 0.25) is 5.91 Å². The molecule has 0 aliphatic heterocycles. The van der Waals surface area contributed by atoms with Crippen molar-refractivity contribution >= 4 is 5.91 Å². The van der Waals surface area contributed by atoms with Crippen molar-refractivity contribution in [1.29, 1.82) is 0 Å². The van der Waals surface area contributed by atoms with Gasteiger partial charge in [-0.15, -0.1) is 0 Å². The number of hydrogen-bond donors (Lipinski definition) is 1. The molecule has 0 spiro atoms. The van der Waals surface area contributed by atoms with Crippen LogP contribution >= 0.6 is 0 Å². The van der Waals surface area contributed by atoms with Crippen molar-refractivity contribution in [3.05, 3.63) is 71.0 Å². The molecular weight excluding hydrogens is 315 g/mol. The van der Waals surface area contributed by atoms with Crippen molar-refractivity contribution in [3.8, 4) is 0 Å². The van der Waals surface area contributed by atoms with Crippen LogP contribution in [0, 0.1) is 12.7 Å². The third-order valence-corrected chi connectivity index (χ3v) is 4.83. The molecule has 4 heteroatoms. The third-order valence-electron chi connectivity index (χ3n) is 4.83. The Morgan fingerprint density at radius 1 is 1.20 bits per heavy atom. The molecule has 1 fully saturated rings. The molecular formula is C21H25FN2O. The fraction of sp³-hybridized carbons (Fsp3) is 0.381. The van der Waals surface area contributed by atoms with E-state index in [1.54, 1.807) is 12.1 Å². The lowest BCUT2D eigenvalue weighted by Crippen LogP contribution is -2.44. The molecule has 1 aliphatic carbocycles. The highest BCUT2D eigenvalue weighted by Gasteiger charge is 2.45. The number of carbonyl (C=O) groups is 1. The Kier molecular flexibility index (Phi) is 4.91. The van der Waals surface area contributed by atoms with Gasteiger partial charge in [-0.25, -0.2) is 4.39 Å². The van der Waals surface area contributed by atoms with Crippen LogP contribution in [0.15, 0.2) is 48.5 Å². The number of hydrogen-bond acceptors (Lipinski definition) is 2. The quantitative estimate of drug-likeness (QED) is 0.871. The number of halogens is 1. The highest BCUT2D eigenvalue weighted by atomic mass is 19.1. The number of rotatable bonds is 6.